The Hall–Kier alpha value is -1.01. The number of likely N-dealkylation sites (N-methyl/N-ethyl adjacent to an activating group) is 1. The van der Waals surface area contributed by atoms with Crippen molar-refractivity contribution >= 4 is 5.91 Å². The van der Waals surface area contributed by atoms with Crippen molar-refractivity contribution in [3.05, 3.63) is 16.9 Å². The summed E-state index contributed by atoms with van der Waals surface area (Å²) in [6, 6.07) is 0. The van der Waals surface area contributed by atoms with E-state index in [9.17, 15) is 4.79 Å². The Morgan fingerprint density at radius 3 is 1.91 bits per heavy atom. The fourth-order valence-electron chi connectivity index (χ4n) is 0.764. The number of hydrogen-bond donors (Lipinski definition) is 0. The molecule has 0 aromatic rings. The van der Waals surface area contributed by atoms with Gasteiger partial charge in [0.15, 0.2) is 0 Å². The molecule has 0 heterocycles. The van der Waals surface area contributed by atoms with Gasteiger partial charge in [0, 0.05) is 14.1 Å². The van der Waals surface area contributed by atoms with Gasteiger partial charge in [-0.15, -0.1) is 5.73 Å². The van der Waals surface area contributed by atoms with Gasteiger partial charge in [-0.05, 0) is 26.3 Å². The first-order valence-corrected chi connectivity index (χ1v) is 3.57. The molecule has 0 aliphatic carbocycles. The molecule has 0 fully saturated rings. The molecule has 2 nitrogen and oxygen atoms in total. The molecule has 1 amide bonds. The summed E-state index contributed by atoms with van der Waals surface area (Å²) in [7, 11) is 3.47. The molecule has 0 N–H and O–H groups in total. The third-order valence-corrected chi connectivity index (χ3v) is 1.16. The van der Waals surface area contributed by atoms with Crippen LogP contribution in [-0.2, 0) is 4.79 Å². The van der Waals surface area contributed by atoms with E-state index in [1.807, 2.05) is 13.8 Å². The van der Waals surface area contributed by atoms with E-state index in [1.165, 1.54) is 0 Å². The molecular weight excluding hydrogens is 138 g/mol. The van der Waals surface area contributed by atoms with Gasteiger partial charge in [-0.3, -0.25) is 4.79 Å². The predicted molar refractivity (Wildman–Crippen MR) is 46.3 cm³/mol. The number of nitrogens with zero attached hydrogens (tertiary/aromatic N) is 1. The van der Waals surface area contributed by atoms with Crippen LogP contribution in [0.3, 0.4) is 0 Å². The zero-order chi connectivity index (χ0) is 9.02. The molecule has 0 atom stereocenters. The highest BCUT2D eigenvalue weighted by Crippen LogP contribution is 1.96. The summed E-state index contributed by atoms with van der Waals surface area (Å²) in [5.74, 6) is 0.0196. The highest BCUT2D eigenvalue weighted by Gasteiger charge is 2.04. The van der Waals surface area contributed by atoms with E-state index in [4.69, 9.17) is 0 Å². The second kappa shape index (κ2) is 3.99. The van der Waals surface area contributed by atoms with Crippen molar-refractivity contribution in [2.24, 2.45) is 0 Å². The average Bonchev–Trinajstić information content (AvgIpc) is 1.84. The number of rotatable bonds is 1. The van der Waals surface area contributed by atoms with Crippen molar-refractivity contribution in [1.82, 2.24) is 4.90 Å². The van der Waals surface area contributed by atoms with Crippen LogP contribution in [0.25, 0.3) is 0 Å². The molecule has 2 heteroatoms. The van der Waals surface area contributed by atoms with E-state index in [2.05, 4.69) is 5.73 Å². The molecule has 0 aromatic heterocycles. The zero-order valence-electron chi connectivity index (χ0n) is 7.86. The Bertz CT molecular complexity index is 216. The van der Waals surface area contributed by atoms with Crippen LogP contribution in [0, 0.1) is 0 Å². The monoisotopic (exact) mass is 153 g/mol. The van der Waals surface area contributed by atoms with Crippen LogP contribution in [-0.4, -0.2) is 24.9 Å². The summed E-state index contributed by atoms with van der Waals surface area (Å²) in [5.41, 5.74) is 4.65. The summed E-state index contributed by atoms with van der Waals surface area (Å²) < 4.78 is 0. The molecule has 0 aliphatic heterocycles. The standard InChI is InChI=1S/C9H15NO/c1-7(2)6-8(3)9(11)10(4)5/h1-5H3. The maximum Gasteiger partial charge on any atom is 0.256 e. The van der Waals surface area contributed by atoms with Gasteiger partial charge in [0.2, 0.25) is 0 Å². The van der Waals surface area contributed by atoms with Crippen molar-refractivity contribution in [3.63, 3.8) is 0 Å². The largest absolute Gasteiger partial charge is 0.345 e. The molecule has 11 heavy (non-hydrogen) atoms. The van der Waals surface area contributed by atoms with Crippen LogP contribution in [0.5, 0.6) is 0 Å². The molecule has 0 aromatic carbocycles. The van der Waals surface area contributed by atoms with E-state index in [0.717, 1.165) is 5.57 Å². The zero-order valence-corrected chi connectivity index (χ0v) is 7.86. The van der Waals surface area contributed by atoms with Gasteiger partial charge in [0.1, 0.15) is 0 Å². The normalized spacial score (nSPS) is 8.45. The first-order chi connectivity index (χ1) is 4.95. The van der Waals surface area contributed by atoms with Crippen LogP contribution in [0.2, 0.25) is 0 Å². The van der Waals surface area contributed by atoms with Gasteiger partial charge in [0.25, 0.3) is 5.91 Å². The van der Waals surface area contributed by atoms with Crippen molar-refractivity contribution in [2.75, 3.05) is 14.1 Å². The summed E-state index contributed by atoms with van der Waals surface area (Å²) in [6.45, 7) is 5.62. The maximum atomic E-state index is 11.2. The second-order valence-corrected chi connectivity index (χ2v) is 2.95. The van der Waals surface area contributed by atoms with Crippen LogP contribution in [0.4, 0.5) is 0 Å². The Morgan fingerprint density at radius 2 is 1.64 bits per heavy atom. The quantitative estimate of drug-likeness (QED) is 0.414. The van der Waals surface area contributed by atoms with Gasteiger partial charge >= 0.3 is 0 Å². The molecular formula is C9H15NO. The number of carbonyl (C=O) groups excluding carboxylic acids is 1. The summed E-state index contributed by atoms with van der Waals surface area (Å²) in [4.78, 5) is 12.7. The molecule has 0 bridgehead atoms. The van der Waals surface area contributed by atoms with E-state index < -0.39 is 0 Å². The molecule has 62 valence electrons. The van der Waals surface area contributed by atoms with Crippen LogP contribution >= 0.6 is 0 Å². The van der Waals surface area contributed by atoms with Gasteiger partial charge in [0.05, 0.1) is 5.57 Å². The summed E-state index contributed by atoms with van der Waals surface area (Å²) in [6.07, 6.45) is 0. The Morgan fingerprint density at radius 1 is 1.18 bits per heavy atom. The lowest BCUT2D eigenvalue weighted by molar-refractivity contribution is -0.124. The molecule has 0 spiro atoms. The summed E-state index contributed by atoms with van der Waals surface area (Å²) in [5, 5.41) is 0. The van der Waals surface area contributed by atoms with E-state index in [1.54, 1.807) is 25.9 Å². The minimum atomic E-state index is 0.0196. The highest BCUT2D eigenvalue weighted by atomic mass is 16.2. The first-order valence-electron chi connectivity index (χ1n) is 3.57. The van der Waals surface area contributed by atoms with E-state index in [-0.39, 0.29) is 5.91 Å². The van der Waals surface area contributed by atoms with Gasteiger partial charge < -0.3 is 4.90 Å². The first kappa shape index (κ1) is 9.99. The van der Waals surface area contributed by atoms with Crippen LogP contribution in [0.1, 0.15) is 20.8 Å². The van der Waals surface area contributed by atoms with Crippen molar-refractivity contribution < 1.29 is 4.79 Å². The molecule has 0 aliphatic rings. The van der Waals surface area contributed by atoms with E-state index >= 15 is 0 Å². The SMILES string of the molecule is CC(C)=C=C(C)C(=O)N(C)C. The third-order valence-electron chi connectivity index (χ3n) is 1.16. The van der Waals surface area contributed by atoms with Gasteiger partial charge in [-0.1, -0.05) is 0 Å². The summed E-state index contributed by atoms with van der Waals surface area (Å²) >= 11 is 0. The Balaban J connectivity index is 4.64. The minimum absolute atomic E-state index is 0.0196. The molecule has 0 rings (SSSR count). The smallest absolute Gasteiger partial charge is 0.256 e. The topological polar surface area (TPSA) is 20.3 Å². The van der Waals surface area contributed by atoms with E-state index in [0.29, 0.717) is 5.57 Å². The van der Waals surface area contributed by atoms with Crippen molar-refractivity contribution in [1.29, 1.82) is 0 Å². The van der Waals surface area contributed by atoms with Gasteiger partial charge in [-0.2, -0.15) is 0 Å². The molecule has 0 saturated heterocycles. The average molecular weight is 153 g/mol. The predicted octanol–water partition coefficient (Wildman–Crippen LogP) is 1.59. The highest BCUT2D eigenvalue weighted by molar-refractivity contribution is 5.92. The van der Waals surface area contributed by atoms with Crippen molar-refractivity contribution in [3.8, 4) is 0 Å². The minimum Gasteiger partial charge on any atom is -0.345 e. The fraction of sp³-hybridized carbons (Fsp3) is 0.556. The van der Waals surface area contributed by atoms with Crippen LogP contribution < -0.4 is 0 Å². The number of hydrogen-bond acceptors (Lipinski definition) is 1. The number of carbonyl (C=O) groups is 1. The van der Waals surface area contributed by atoms with Gasteiger partial charge in [-0.25, -0.2) is 0 Å². The molecule has 0 saturated carbocycles. The third kappa shape index (κ3) is 3.64. The number of amides is 1. The molecule has 0 radical (unpaired) electrons. The lowest BCUT2D eigenvalue weighted by atomic mass is 10.2. The Labute approximate surface area is 68.2 Å². The Kier molecular flexibility index (Phi) is 3.63. The second-order valence-electron chi connectivity index (χ2n) is 2.95. The van der Waals surface area contributed by atoms with Crippen LogP contribution in [0.15, 0.2) is 16.9 Å². The lowest BCUT2D eigenvalue weighted by Crippen LogP contribution is -2.21. The lowest BCUT2D eigenvalue weighted by Gasteiger charge is -2.08. The van der Waals surface area contributed by atoms with Crippen molar-refractivity contribution in [2.45, 2.75) is 20.8 Å². The maximum absolute atomic E-state index is 11.2. The fourth-order valence-corrected chi connectivity index (χ4v) is 0.764. The molecule has 0 unspecified atom stereocenters.